The number of benzene rings is 4. The van der Waals surface area contributed by atoms with Crippen LogP contribution in [-0.2, 0) is 13.1 Å². The van der Waals surface area contributed by atoms with Gasteiger partial charge in [-0.3, -0.25) is 9.69 Å². The molecule has 0 spiro atoms. The van der Waals surface area contributed by atoms with Crippen molar-refractivity contribution in [2.24, 2.45) is 0 Å². The van der Waals surface area contributed by atoms with Crippen LogP contribution in [0.25, 0.3) is 11.5 Å². The second-order valence-electron chi connectivity index (χ2n) is 11.2. The van der Waals surface area contributed by atoms with Gasteiger partial charge in [-0.2, -0.15) is 0 Å². The summed E-state index contributed by atoms with van der Waals surface area (Å²) >= 11 is 0. The molecule has 0 saturated carbocycles. The van der Waals surface area contributed by atoms with Gasteiger partial charge in [-0.15, -0.1) is 0 Å². The first kappa shape index (κ1) is 29.5. The maximum atomic E-state index is 12.7. The van der Waals surface area contributed by atoms with E-state index in [4.69, 9.17) is 9.15 Å². The average Bonchev–Trinajstić information content (AvgIpc) is 3.77. The number of likely N-dealkylation sites (tertiary alicyclic amines) is 1. The van der Waals surface area contributed by atoms with E-state index in [9.17, 15) is 9.90 Å². The van der Waals surface area contributed by atoms with Gasteiger partial charge in [0.1, 0.15) is 23.9 Å². The van der Waals surface area contributed by atoms with Crippen molar-refractivity contribution in [2.75, 3.05) is 13.1 Å². The van der Waals surface area contributed by atoms with Crippen LogP contribution in [0.2, 0.25) is 0 Å². The molecule has 7 heteroatoms. The zero-order valence-corrected chi connectivity index (χ0v) is 24.6. The molecule has 1 aliphatic rings. The molecule has 1 aromatic heterocycles. The molecule has 0 aliphatic carbocycles. The summed E-state index contributed by atoms with van der Waals surface area (Å²) in [6.07, 6.45) is 5.59. The van der Waals surface area contributed by atoms with Gasteiger partial charge < -0.3 is 19.6 Å². The molecular formula is C37H37N3O4. The maximum absolute atomic E-state index is 12.7. The molecule has 1 fully saturated rings. The highest BCUT2D eigenvalue weighted by Gasteiger charge is 2.24. The van der Waals surface area contributed by atoms with Crippen molar-refractivity contribution in [1.29, 1.82) is 0 Å². The summed E-state index contributed by atoms with van der Waals surface area (Å²) in [5.74, 6) is 1.89. The highest BCUT2D eigenvalue weighted by Crippen LogP contribution is 2.27. The molecule has 2 N–H and O–H groups in total. The van der Waals surface area contributed by atoms with Crippen LogP contribution >= 0.6 is 0 Å². The largest absolute Gasteiger partial charge is 0.457 e. The van der Waals surface area contributed by atoms with Crippen LogP contribution in [0.3, 0.4) is 0 Å². The molecule has 6 rings (SSSR count). The van der Waals surface area contributed by atoms with Crippen molar-refractivity contribution >= 4 is 5.78 Å². The van der Waals surface area contributed by atoms with Gasteiger partial charge in [0.15, 0.2) is 5.78 Å². The Morgan fingerprint density at radius 1 is 0.932 bits per heavy atom. The molecule has 2 unspecified atom stereocenters. The molecule has 44 heavy (non-hydrogen) atoms. The van der Waals surface area contributed by atoms with Gasteiger partial charge >= 0.3 is 0 Å². The van der Waals surface area contributed by atoms with Crippen LogP contribution in [0.15, 0.2) is 120 Å². The number of aromatic nitrogens is 1. The summed E-state index contributed by atoms with van der Waals surface area (Å²) in [5, 5.41) is 14.0. The minimum absolute atomic E-state index is 0.284. The van der Waals surface area contributed by atoms with Crippen LogP contribution in [0, 0.1) is 0 Å². The van der Waals surface area contributed by atoms with Gasteiger partial charge in [-0.25, -0.2) is 4.98 Å². The van der Waals surface area contributed by atoms with Gasteiger partial charge in [0.05, 0.1) is 6.20 Å². The number of aliphatic hydroxyl groups is 1. The number of ketones is 1. The van der Waals surface area contributed by atoms with E-state index >= 15 is 0 Å². The molecular weight excluding hydrogens is 550 g/mol. The molecule has 4 aromatic carbocycles. The molecule has 0 bridgehead atoms. The minimum atomic E-state index is -1.14. The predicted octanol–water partition coefficient (Wildman–Crippen LogP) is 7.19. The van der Waals surface area contributed by atoms with Crippen molar-refractivity contribution < 1.29 is 19.1 Å². The number of nitrogens with one attached hydrogen (secondary N) is 1. The monoisotopic (exact) mass is 587 g/mol. The summed E-state index contributed by atoms with van der Waals surface area (Å²) in [4.78, 5) is 19.4. The number of Topliss-reactive ketones (excluding diaryl/α,β-unsaturated/α-hetero) is 1. The van der Waals surface area contributed by atoms with E-state index in [2.05, 4.69) is 27.3 Å². The minimum Gasteiger partial charge on any atom is -0.457 e. The molecule has 0 amide bonds. The molecule has 5 aromatic rings. The predicted molar refractivity (Wildman–Crippen MR) is 170 cm³/mol. The van der Waals surface area contributed by atoms with Gasteiger partial charge in [0.25, 0.3) is 0 Å². The number of nitrogens with zero attached hydrogens (tertiary/aromatic N) is 2. The molecule has 1 aliphatic heterocycles. The van der Waals surface area contributed by atoms with Crippen LogP contribution in [-0.4, -0.2) is 39.9 Å². The number of oxazole rings is 1. The standard InChI is InChI=1S/C37H37N3O4/c41-35(29-5-2-1-3-6-29)36(42)30-12-8-27(9-13-30)25-38-21-20-32-7-4-23-40(32)26-28-10-16-33(17-11-28)44-34-18-14-31(15-19-34)37-39-22-24-43-37/h1-3,5-6,8-19,22,24,32,35,38,41H,4,7,20-21,23,25-26H2. The molecule has 0 radical (unpaired) electrons. The Hall–Kier alpha value is -4.56. The van der Waals surface area contributed by atoms with E-state index in [1.165, 1.54) is 18.4 Å². The van der Waals surface area contributed by atoms with E-state index in [0.29, 0.717) is 23.1 Å². The van der Waals surface area contributed by atoms with Crippen LogP contribution < -0.4 is 10.1 Å². The van der Waals surface area contributed by atoms with Crippen molar-refractivity contribution in [1.82, 2.24) is 15.2 Å². The normalized spacial score (nSPS) is 15.7. The van der Waals surface area contributed by atoms with Crippen LogP contribution in [0.5, 0.6) is 11.5 Å². The first-order chi connectivity index (χ1) is 21.6. The van der Waals surface area contributed by atoms with Crippen molar-refractivity contribution in [3.63, 3.8) is 0 Å². The maximum Gasteiger partial charge on any atom is 0.225 e. The number of hydrogen-bond acceptors (Lipinski definition) is 7. The smallest absolute Gasteiger partial charge is 0.225 e. The van der Waals surface area contributed by atoms with Gasteiger partial charge in [0, 0.05) is 30.3 Å². The average molecular weight is 588 g/mol. The Labute approximate surface area is 258 Å². The van der Waals surface area contributed by atoms with E-state index in [0.717, 1.165) is 55.2 Å². The zero-order valence-electron chi connectivity index (χ0n) is 24.6. The van der Waals surface area contributed by atoms with Gasteiger partial charge in [-0.1, -0.05) is 66.7 Å². The van der Waals surface area contributed by atoms with Gasteiger partial charge in [0.2, 0.25) is 5.89 Å². The fourth-order valence-corrected chi connectivity index (χ4v) is 5.73. The van der Waals surface area contributed by atoms with E-state index in [1.807, 2.05) is 66.7 Å². The topological polar surface area (TPSA) is 87.8 Å². The molecule has 2 atom stereocenters. The molecule has 7 nitrogen and oxygen atoms in total. The number of rotatable bonds is 13. The second-order valence-corrected chi connectivity index (χ2v) is 11.2. The lowest BCUT2D eigenvalue weighted by molar-refractivity contribution is 0.0747. The summed E-state index contributed by atoms with van der Waals surface area (Å²) < 4.78 is 11.4. The zero-order chi connectivity index (χ0) is 30.1. The number of hydrogen-bond donors (Lipinski definition) is 2. The highest BCUT2D eigenvalue weighted by molar-refractivity contribution is 5.99. The third-order valence-corrected chi connectivity index (χ3v) is 8.16. The fraction of sp³-hybridized carbons (Fsp3) is 0.243. The van der Waals surface area contributed by atoms with Crippen LogP contribution in [0.1, 0.15) is 52.4 Å². The van der Waals surface area contributed by atoms with Gasteiger partial charge in [-0.05, 0) is 85.4 Å². The first-order valence-corrected chi connectivity index (χ1v) is 15.2. The number of ether oxygens (including phenoxy) is 1. The quantitative estimate of drug-likeness (QED) is 0.111. The third kappa shape index (κ3) is 7.50. The lowest BCUT2D eigenvalue weighted by atomic mass is 9.99. The van der Waals surface area contributed by atoms with E-state index < -0.39 is 6.10 Å². The summed E-state index contributed by atoms with van der Waals surface area (Å²) in [6.45, 7) is 3.71. The van der Waals surface area contributed by atoms with Crippen LogP contribution in [0.4, 0.5) is 0 Å². The summed E-state index contributed by atoms with van der Waals surface area (Å²) in [5.41, 5.74) is 4.44. The van der Waals surface area contributed by atoms with Crippen molar-refractivity contribution in [3.05, 3.63) is 138 Å². The highest BCUT2D eigenvalue weighted by atomic mass is 16.5. The Morgan fingerprint density at radius 3 is 2.34 bits per heavy atom. The number of carbonyl (C=O) groups is 1. The van der Waals surface area contributed by atoms with E-state index in [-0.39, 0.29) is 5.78 Å². The van der Waals surface area contributed by atoms with Crippen molar-refractivity contribution in [3.8, 4) is 23.0 Å². The lowest BCUT2D eigenvalue weighted by Gasteiger charge is -2.25. The Balaban J connectivity index is 0.933. The third-order valence-electron chi connectivity index (χ3n) is 8.16. The molecule has 1 saturated heterocycles. The Bertz CT molecular complexity index is 1600. The summed E-state index contributed by atoms with van der Waals surface area (Å²) in [6, 6.07) is 33.2. The SMILES string of the molecule is O=C(c1ccc(CNCCC2CCCN2Cc2ccc(Oc3ccc(-c4ncco4)cc3)cc2)cc1)C(O)c1ccccc1. The number of carbonyl (C=O) groups excluding carboxylic acids is 1. The lowest BCUT2D eigenvalue weighted by Crippen LogP contribution is -2.31. The van der Waals surface area contributed by atoms with E-state index in [1.54, 1.807) is 36.7 Å². The summed E-state index contributed by atoms with van der Waals surface area (Å²) in [7, 11) is 0. The Kier molecular flexibility index (Phi) is 9.57. The Morgan fingerprint density at radius 2 is 1.64 bits per heavy atom. The molecule has 224 valence electrons. The second kappa shape index (κ2) is 14.3. The first-order valence-electron chi connectivity index (χ1n) is 15.2. The molecule has 2 heterocycles. The number of aliphatic hydroxyl groups excluding tert-OH is 1. The van der Waals surface area contributed by atoms with Crippen molar-refractivity contribution in [2.45, 2.75) is 44.5 Å². The fourth-order valence-electron chi connectivity index (χ4n) is 5.73.